The third-order valence-electron chi connectivity index (χ3n) is 3.84. The lowest BCUT2D eigenvalue weighted by atomic mass is 9.82. The number of aliphatic hydroxyl groups excluding tert-OH is 1. The number of fused-ring (bicyclic) bond motifs is 1. The molecule has 1 aromatic heterocycles. The van der Waals surface area contributed by atoms with Crippen molar-refractivity contribution < 1.29 is 9.90 Å². The molecule has 1 heterocycles. The fourth-order valence-corrected chi connectivity index (χ4v) is 2.55. The van der Waals surface area contributed by atoms with Crippen LogP contribution in [0.3, 0.4) is 0 Å². The normalized spacial score (nSPS) is 21.7. The first-order valence-corrected chi connectivity index (χ1v) is 6.97. The highest BCUT2D eigenvalue weighted by Crippen LogP contribution is 2.26. The Morgan fingerprint density at radius 2 is 2.30 bits per heavy atom. The van der Waals surface area contributed by atoms with Crippen LogP contribution in [0.5, 0.6) is 0 Å². The molecule has 1 aliphatic rings. The fourth-order valence-electron chi connectivity index (χ4n) is 2.55. The van der Waals surface area contributed by atoms with Crippen molar-refractivity contribution in [3.05, 3.63) is 23.8 Å². The van der Waals surface area contributed by atoms with E-state index >= 15 is 0 Å². The molecule has 2 N–H and O–H groups in total. The number of carbonyl (C=O) groups excluding carboxylic acids is 1. The molecule has 0 bridgehead atoms. The van der Waals surface area contributed by atoms with Gasteiger partial charge in [0.15, 0.2) is 0 Å². The topological polar surface area (TPSA) is 80.0 Å². The SMILES string of the molecule is CCn1nnc2cc(C(=O)NCC3CC(O)C3)ccc21. The van der Waals surface area contributed by atoms with Crippen molar-refractivity contribution >= 4 is 16.9 Å². The van der Waals surface area contributed by atoms with E-state index in [2.05, 4.69) is 15.6 Å². The van der Waals surface area contributed by atoms with Crippen LogP contribution in [0.25, 0.3) is 11.0 Å². The first-order chi connectivity index (χ1) is 9.67. The molecule has 0 saturated heterocycles. The van der Waals surface area contributed by atoms with Crippen LogP contribution in [0.2, 0.25) is 0 Å². The maximum atomic E-state index is 12.1. The van der Waals surface area contributed by atoms with Crippen LogP contribution >= 0.6 is 0 Å². The Labute approximate surface area is 116 Å². The first kappa shape index (κ1) is 13.1. The summed E-state index contributed by atoms with van der Waals surface area (Å²) in [6.07, 6.45) is 1.38. The van der Waals surface area contributed by atoms with Gasteiger partial charge in [-0.25, -0.2) is 4.68 Å². The van der Waals surface area contributed by atoms with Crippen LogP contribution in [-0.2, 0) is 6.54 Å². The van der Waals surface area contributed by atoms with Gasteiger partial charge >= 0.3 is 0 Å². The van der Waals surface area contributed by atoms with E-state index in [1.165, 1.54) is 0 Å². The van der Waals surface area contributed by atoms with E-state index in [-0.39, 0.29) is 12.0 Å². The molecule has 1 aromatic carbocycles. The molecular weight excluding hydrogens is 256 g/mol. The van der Waals surface area contributed by atoms with E-state index in [0.717, 1.165) is 30.4 Å². The van der Waals surface area contributed by atoms with E-state index in [1.54, 1.807) is 16.8 Å². The van der Waals surface area contributed by atoms with Crippen molar-refractivity contribution in [2.75, 3.05) is 6.54 Å². The summed E-state index contributed by atoms with van der Waals surface area (Å²) in [6.45, 7) is 3.38. The minimum Gasteiger partial charge on any atom is -0.393 e. The summed E-state index contributed by atoms with van der Waals surface area (Å²) in [5, 5.41) is 20.2. The third-order valence-corrected chi connectivity index (χ3v) is 3.84. The lowest BCUT2D eigenvalue weighted by molar-refractivity contribution is 0.0420. The quantitative estimate of drug-likeness (QED) is 0.870. The average molecular weight is 274 g/mol. The molecule has 0 atom stereocenters. The number of aryl methyl sites for hydroxylation is 1. The largest absolute Gasteiger partial charge is 0.393 e. The van der Waals surface area contributed by atoms with Gasteiger partial charge in [-0.15, -0.1) is 5.10 Å². The fraction of sp³-hybridized carbons (Fsp3) is 0.500. The second kappa shape index (κ2) is 5.20. The molecule has 3 rings (SSSR count). The van der Waals surface area contributed by atoms with Gasteiger partial charge in [0.2, 0.25) is 0 Å². The summed E-state index contributed by atoms with van der Waals surface area (Å²) in [4.78, 5) is 12.1. The number of hydrogen-bond donors (Lipinski definition) is 2. The van der Waals surface area contributed by atoms with Crippen LogP contribution < -0.4 is 5.32 Å². The van der Waals surface area contributed by atoms with E-state index in [9.17, 15) is 9.90 Å². The molecule has 1 amide bonds. The number of amides is 1. The minimum atomic E-state index is -0.183. The number of aliphatic hydroxyl groups is 1. The maximum Gasteiger partial charge on any atom is 0.251 e. The van der Waals surface area contributed by atoms with Crippen molar-refractivity contribution in [2.24, 2.45) is 5.92 Å². The third kappa shape index (κ3) is 2.38. The van der Waals surface area contributed by atoms with Crippen LogP contribution in [0.4, 0.5) is 0 Å². The van der Waals surface area contributed by atoms with Crippen LogP contribution in [-0.4, -0.2) is 38.7 Å². The van der Waals surface area contributed by atoms with Gasteiger partial charge in [0.05, 0.1) is 11.6 Å². The molecule has 0 spiro atoms. The second-order valence-electron chi connectivity index (χ2n) is 5.31. The number of aromatic nitrogens is 3. The predicted molar refractivity (Wildman–Crippen MR) is 74.3 cm³/mol. The first-order valence-electron chi connectivity index (χ1n) is 6.97. The maximum absolute atomic E-state index is 12.1. The van der Waals surface area contributed by atoms with Gasteiger partial charge < -0.3 is 10.4 Å². The molecule has 106 valence electrons. The Hall–Kier alpha value is -1.95. The molecule has 1 aliphatic carbocycles. The highest BCUT2D eigenvalue weighted by Gasteiger charge is 2.27. The molecule has 20 heavy (non-hydrogen) atoms. The highest BCUT2D eigenvalue weighted by molar-refractivity contribution is 5.97. The molecule has 0 aliphatic heterocycles. The summed E-state index contributed by atoms with van der Waals surface area (Å²) in [5.74, 6) is 0.304. The number of carbonyl (C=O) groups is 1. The zero-order valence-electron chi connectivity index (χ0n) is 11.4. The molecular formula is C14H18N4O2. The smallest absolute Gasteiger partial charge is 0.251 e. The number of nitrogens with zero attached hydrogens (tertiary/aromatic N) is 3. The van der Waals surface area contributed by atoms with Gasteiger partial charge in [-0.05, 0) is 43.9 Å². The van der Waals surface area contributed by atoms with Gasteiger partial charge in [-0.1, -0.05) is 5.21 Å². The summed E-state index contributed by atoms with van der Waals surface area (Å²) in [7, 11) is 0. The molecule has 0 unspecified atom stereocenters. The molecule has 1 saturated carbocycles. The van der Waals surface area contributed by atoms with E-state index in [1.807, 2.05) is 13.0 Å². The van der Waals surface area contributed by atoms with E-state index < -0.39 is 0 Å². The Morgan fingerprint density at radius 3 is 3.00 bits per heavy atom. The number of hydrogen-bond acceptors (Lipinski definition) is 4. The van der Waals surface area contributed by atoms with Gasteiger partial charge in [-0.3, -0.25) is 4.79 Å². The van der Waals surface area contributed by atoms with Crippen molar-refractivity contribution in [3.8, 4) is 0 Å². The minimum absolute atomic E-state index is 0.0978. The molecule has 0 radical (unpaired) electrons. The van der Waals surface area contributed by atoms with Crippen LogP contribution in [0.15, 0.2) is 18.2 Å². The van der Waals surface area contributed by atoms with Gasteiger partial charge in [-0.2, -0.15) is 0 Å². The standard InChI is InChI=1S/C14H18N4O2/c1-2-18-13-4-3-10(7-12(13)16-17-18)14(20)15-8-9-5-11(19)6-9/h3-4,7,9,11,19H,2,5-6,8H2,1H3,(H,15,20). The van der Waals surface area contributed by atoms with E-state index in [4.69, 9.17) is 0 Å². The van der Waals surface area contributed by atoms with Gasteiger partial charge in [0.25, 0.3) is 5.91 Å². The summed E-state index contributed by atoms with van der Waals surface area (Å²) < 4.78 is 1.80. The Morgan fingerprint density at radius 1 is 1.50 bits per heavy atom. The van der Waals surface area contributed by atoms with E-state index in [0.29, 0.717) is 18.0 Å². The predicted octanol–water partition coefficient (Wildman–Crippen LogP) is 0.952. The Bertz CT molecular complexity index is 631. The number of benzene rings is 1. The molecule has 6 nitrogen and oxygen atoms in total. The van der Waals surface area contributed by atoms with Crippen molar-refractivity contribution in [2.45, 2.75) is 32.4 Å². The monoisotopic (exact) mass is 274 g/mol. The van der Waals surface area contributed by atoms with Crippen LogP contribution in [0.1, 0.15) is 30.1 Å². The lowest BCUT2D eigenvalue weighted by Gasteiger charge is -2.31. The van der Waals surface area contributed by atoms with Crippen molar-refractivity contribution in [3.63, 3.8) is 0 Å². The number of rotatable bonds is 4. The zero-order chi connectivity index (χ0) is 14.1. The zero-order valence-corrected chi connectivity index (χ0v) is 11.4. The molecule has 2 aromatic rings. The average Bonchev–Trinajstić information content (AvgIpc) is 2.84. The van der Waals surface area contributed by atoms with Crippen molar-refractivity contribution in [1.29, 1.82) is 0 Å². The van der Waals surface area contributed by atoms with Gasteiger partial charge in [0.1, 0.15) is 5.52 Å². The molecule has 1 fully saturated rings. The summed E-state index contributed by atoms with van der Waals surface area (Å²) >= 11 is 0. The van der Waals surface area contributed by atoms with Crippen molar-refractivity contribution in [1.82, 2.24) is 20.3 Å². The number of nitrogens with one attached hydrogen (secondary N) is 1. The Balaban J connectivity index is 1.68. The van der Waals surface area contributed by atoms with Gasteiger partial charge in [0, 0.05) is 18.7 Å². The second-order valence-corrected chi connectivity index (χ2v) is 5.31. The van der Waals surface area contributed by atoms with Crippen LogP contribution in [0, 0.1) is 5.92 Å². The summed E-state index contributed by atoms with van der Waals surface area (Å²) in [5.41, 5.74) is 2.27. The Kier molecular flexibility index (Phi) is 3.40. The highest BCUT2D eigenvalue weighted by atomic mass is 16.3. The summed E-state index contributed by atoms with van der Waals surface area (Å²) in [6, 6.07) is 5.43. The molecule has 6 heteroatoms. The lowest BCUT2D eigenvalue weighted by Crippen LogP contribution is -2.38.